The number of ether oxygens (including phenoxy) is 2. The van der Waals surface area contributed by atoms with Gasteiger partial charge in [0, 0.05) is 51.4 Å². The molecule has 0 saturated carbocycles. The summed E-state index contributed by atoms with van der Waals surface area (Å²) in [6, 6.07) is 4.10. The van der Waals surface area contributed by atoms with Crippen LogP contribution in [0.25, 0.3) is 0 Å². The molecule has 22 heteroatoms. The Bertz CT molecular complexity index is 1470. The molecule has 2 N–H and O–H groups in total. The van der Waals surface area contributed by atoms with E-state index in [1.807, 2.05) is 33.0 Å². The Morgan fingerprint density at radius 3 is 1.41 bits per heavy atom. The smallest absolute Gasteiger partial charge is 0.465 e. The van der Waals surface area contributed by atoms with Crippen LogP contribution in [-0.4, -0.2) is 103 Å². The average molecular weight is 1190 g/mol. The number of rotatable bonds is 43. The van der Waals surface area contributed by atoms with Crippen LogP contribution < -0.4 is 0 Å². The van der Waals surface area contributed by atoms with Gasteiger partial charge in [0.05, 0.1) is 19.1 Å². The van der Waals surface area contributed by atoms with Gasteiger partial charge in [0.15, 0.2) is 16.6 Å². The summed E-state index contributed by atoms with van der Waals surface area (Å²) >= 11 is 0. The minimum Gasteiger partial charge on any atom is -0.465 e. The van der Waals surface area contributed by atoms with E-state index >= 15 is 0 Å². The van der Waals surface area contributed by atoms with Crippen molar-refractivity contribution in [2.24, 2.45) is 5.92 Å². The first-order valence-electron chi connectivity index (χ1n) is 26.1. The standard InChI is InChI=1S/C47H103O13Si8.Y/c1-19-23-25-27-29-33-41-65(15,57-63(13,39-22-4)56-64(14,54-61(9,10)38-21-3)42-34-30-36-52-46(48)44(5)6)58-68(18,51)60-66(16,43-35-31-37-53-47(49)45(7)8)59-67(17,50)55-62(11,12)40-32-28-26-24-20-2;/h21,45,50-51H,2-3,5,19-20,22-43H2,1,4,6-18H3;/q-1;. The molecule has 1 radical (unpaired) electrons. The summed E-state index contributed by atoms with van der Waals surface area (Å²) in [5.74, 6) is -0.865. The molecule has 0 saturated heterocycles. The van der Waals surface area contributed by atoms with Gasteiger partial charge in [-0.1, -0.05) is 111 Å². The third kappa shape index (κ3) is 35.0. The monoisotopic (exact) mass is 1190 g/mol. The van der Waals surface area contributed by atoms with Gasteiger partial charge in [-0.2, -0.15) is 6.42 Å². The predicted molar refractivity (Wildman–Crippen MR) is 298 cm³/mol. The van der Waals surface area contributed by atoms with Gasteiger partial charge in [-0.25, -0.2) is 4.79 Å². The molecule has 0 aromatic heterocycles. The van der Waals surface area contributed by atoms with E-state index < -0.39 is 74.5 Å². The third-order valence-electron chi connectivity index (χ3n) is 11.5. The van der Waals surface area contributed by atoms with E-state index in [0.717, 1.165) is 89.1 Å². The Labute approximate surface area is 456 Å². The van der Waals surface area contributed by atoms with Crippen molar-refractivity contribution in [1.82, 2.24) is 0 Å². The molecule has 0 aliphatic rings. The first-order valence-corrected chi connectivity index (χ1v) is 47.0. The topological polar surface area (TPSA) is 158 Å². The maximum Gasteiger partial charge on any atom is 0.477 e. The quantitative estimate of drug-likeness (QED) is 0.0149. The Balaban J connectivity index is 0. The fourth-order valence-electron chi connectivity index (χ4n) is 8.67. The van der Waals surface area contributed by atoms with E-state index in [1.165, 1.54) is 6.42 Å². The van der Waals surface area contributed by atoms with Crippen molar-refractivity contribution in [1.29, 1.82) is 0 Å². The SMILES string of the molecule is C=CC[Si](C)(C)O[Si](C)(CCCCOC(=O)C(=C)C)O[Si](C)(CCC)O[Si](C)(CCCCCCCC)O[Si](C)(O)O[Si](C)(CCCCOC(=O)C(C)C)O[Si](C)(O)O[Si](C)(C)CCCCCC[CH2-].[Y]. The minimum absolute atomic E-state index is 0. The zero-order valence-corrected chi connectivity index (χ0v) is 57.5. The molecule has 6 unspecified atom stereocenters. The zero-order chi connectivity index (χ0) is 52.4. The summed E-state index contributed by atoms with van der Waals surface area (Å²) in [5, 5.41) is 0. The number of carbonyl (C=O) groups is 2. The second-order valence-corrected chi connectivity index (χ2v) is 49.8. The number of unbranched alkanes of at least 4 members (excludes halogenated alkanes) is 11. The minimum atomic E-state index is -4.08. The number of hydrogen-bond donors (Lipinski definition) is 2. The molecule has 0 rings (SSSR count). The fourth-order valence-corrected chi connectivity index (χ4v) is 47.0. The van der Waals surface area contributed by atoms with E-state index in [4.69, 9.17) is 38.3 Å². The maximum atomic E-state index is 12.6. The molecule has 0 bridgehead atoms. The summed E-state index contributed by atoms with van der Waals surface area (Å²) in [6.45, 7) is 42.0. The van der Waals surface area contributed by atoms with Gasteiger partial charge in [-0.15, -0.1) is 6.58 Å². The van der Waals surface area contributed by atoms with Crippen molar-refractivity contribution in [3.8, 4) is 0 Å². The molecule has 13 nitrogen and oxygen atoms in total. The van der Waals surface area contributed by atoms with Crippen LogP contribution >= 0.6 is 0 Å². The molecule has 69 heavy (non-hydrogen) atoms. The van der Waals surface area contributed by atoms with Crippen molar-refractivity contribution in [3.05, 3.63) is 31.7 Å². The second-order valence-electron chi connectivity index (χ2n) is 21.5. The molecule has 0 spiro atoms. The zero-order valence-electron chi connectivity index (χ0n) is 46.7. The van der Waals surface area contributed by atoms with Crippen molar-refractivity contribution in [2.45, 2.75) is 239 Å². The van der Waals surface area contributed by atoms with Crippen molar-refractivity contribution >= 4 is 80.4 Å². The summed E-state index contributed by atoms with van der Waals surface area (Å²) in [7, 11) is -25.3. The van der Waals surface area contributed by atoms with Crippen molar-refractivity contribution in [2.75, 3.05) is 13.2 Å². The van der Waals surface area contributed by atoms with E-state index in [9.17, 15) is 19.2 Å². The van der Waals surface area contributed by atoms with Gasteiger partial charge >= 0.3 is 63.8 Å². The van der Waals surface area contributed by atoms with Crippen LogP contribution in [0.4, 0.5) is 0 Å². The van der Waals surface area contributed by atoms with Crippen LogP contribution in [0.15, 0.2) is 24.8 Å². The van der Waals surface area contributed by atoms with Crippen molar-refractivity contribution < 1.29 is 90.2 Å². The molecule has 0 heterocycles. The van der Waals surface area contributed by atoms with Crippen LogP contribution in [0, 0.1) is 12.8 Å². The third-order valence-corrected chi connectivity index (χ3v) is 43.8. The van der Waals surface area contributed by atoms with E-state index in [0.29, 0.717) is 55.6 Å². The molecule has 0 amide bonds. The van der Waals surface area contributed by atoms with Crippen LogP contribution in [0.1, 0.15) is 137 Å². The number of esters is 2. The Kier molecular flexibility index (Phi) is 36.8. The summed E-state index contributed by atoms with van der Waals surface area (Å²) in [4.78, 5) is 48.9. The van der Waals surface area contributed by atoms with E-state index in [2.05, 4.69) is 73.2 Å². The maximum absolute atomic E-state index is 12.6. The molecule has 6 atom stereocenters. The molecule has 405 valence electrons. The predicted octanol–water partition coefficient (Wildman–Crippen LogP) is 13.5. The van der Waals surface area contributed by atoms with Gasteiger partial charge in [-0.3, -0.25) is 4.79 Å². The first kappa shape index (κ1) is 72.0. The number of hydrogen-bond acceptors (Lipinski definition) is 13. The second kappa shape index (κ2) is 35.3. The van der Waals surface area contributed by atoms with Gasteiger partial charge in [-0.05, 0) is 121 Å². The van der Waals surface area contributed by atoms with Crippen LogP contribution in [-0.2, 0) is 80.6 Å². The summed E-state index contributed by atoms with van der Waals surface area (Å²) in [5.41, 5.74) is 0.376. The largest absolute Gasteiger partial charge is 0.477 e. The van der Waals surface area contributed by atoms with Gasteiger partial charge < -0.3 is 54.8 Å². The molecular formula is C47H103O13Si8Y-. The molecule has 0 aromatic carbocycles. The Hall–Kier alpha value is 0.899. The molecule has 0 fully saturated rings. The van der Waals surface area contributed by atoms with Gasteiger partial charge in [0.2, 0.25) is 0 Å². The van der Waals surface area contributed by atoms with Crippen LogP contribution in [0.2, 0.25) is 102 Å². The fraction of sp³-hybridized carbons (Fsp3) is 0.851. The molecular weight excluding hydrogens is 1090 g/mol. The van der Waals surface area contributed by atoms with Gasteiger partial charge in [0.1, 0.15) is 0 Å². The molecule has 0 aromatic rings. The number of allylic oxidation sites excluding steroid dienone is 1. The van der Waals surface area contributed by atoms with Crippen LogP contribution in [0.5, 0.6) is 0 Å². The van der Waals surface area contributed by atoms with Crippen molar-refractivity contribution in [3.63, 3.8) is 0 Å². The average Bonchev–Trinajstić information content (AvgIpc) is 3.16. The number of carbonyl (C=O) groups excluding carboxylic acids is 2. The van der Waals surface area contributed by atoms with E-state index in [1.54, 1.807) is 20.0 Å². The van der Waals surface area contributed by atoms with Gasteiger partial charge in [0.25, 0.3) is 0 Å². The normalized spacial score (nSPS) is 17.6. The summed E-state index contributed by atoms with van der Waals surface area (Å²) < 4.78 is 60.1. The Morgan fingerprint density at radius 2 is 0.942 bits per heavy atom. The molecule has 0 aliphatic carbocycles. The Morgan fingerprint density at radius 1 is 0.536 bits per heavy atom. The van der Waals surface area contributed by atoms with E-state index in [-0.39, 0.29) is 51.2 Å². The molecule has 0 aliphatic heterocycles. The first-order chi connectivity index (χ1) is 31.3. The summed E-state index contributed by atoms with van der Waals surface area (Å²) in [6.07, 6.45) is 17.1. The van der Waals surface area contributed by atoms with Crippen LogP contribution in [0.3, 0.4) is 0 Å².